The number of ether oxygens (including phenoxy) is 1. The van der Waals surface area contributed by atoms with Crippen LogP contribution in [-0.2, 0) is 4.79 Å². The first-order valence-corrected chi connectivity index (χ1v) is 7.39. The summed E-state index contributed by atoms with van der Waals surface area (Å²) >= 11 is 0. The van der Waals surface area contributed by atoms with Gasteiger partial charge in [-0.2, -0.15) is 0 Å². The van der Waals surface area contributed by atoms with Gasteiger partial charge in [-0.25, -0.2) is 0 Å². The molecular weight excluding hydrogens is 288 g/mol. The first kappa shape index (κ1) is 13.5. The summed E-state index contributed by atoms with van der Waals surface area (Å²) in [6.07, 6.45) is 1.79. The quantitative estimate of drug-likeness (QED) is 0.784. The summed E-state index contributed by atoms with van der Waals surface area (Å²) in [6, 6.07) is 19.8. The fraction of sp³-hybridized carbons (Fsp3) is 0.0526. The summed E-state index contributed by atoms with van der Waals surface area (Å²) in [7, 11) is 0. The molecule has 1 aliphatic heterocycles. The molecule has 4 heteroatoms. The number of fused-ring (bicyclic) bond motifs is 1. The molecule has 0 saturated carbocycles. The number of aromatic nitrogens is 1. The van der Waals surface area contributed by atoms with E-state index in [1.54, 1.807) is 6.20 Å². The molecule has 0 aliphatic carbocycles. The highest BCUT2D eigenvalue weighted by Gasteiger charge is 2.17. The molecule has 0 saturated heterocycles. The molecule has 0 spiro atoms. The van der Waals surface area contributed by atoms with Crippen LogP contribution in [0.3, 0.4) is 0 Å². The number of rotatable bonds is 2. The van der Waals surface area contributed by atoms with Crippen LogP contribution < -0.4 is 10.1 Å². The molecule has 3 aromatic rings. The van der Waals surface area contributed by atoms with E-state index in [1.165, 1.54) is 0 Å². The van der Waals surface area contributed by atoms with Gasteiger partial charge in [-0.05, 0) is 23.8 Å². The van der Waals surface area contributed by atoms with Gasteiger partial charge in [0.25, 0.3) is 5.91 Å². The minimum Gasteiger partial charge on any atom is -0.482 e. The summed E-state index contributed by atoms with van der Waals surface area (Å²) in [5.41, 5.74) is 4.67. The van der Waals surface area contributed by atoms with Gasteiger partial charge in [0.05, 0.1) is 11.4 Å². The van der Waals surface area contributed by atoms with E-state index >= 15 is 0 Å². The lowest BCUT2D eigenvalue weighted by Crippen LogP contribution is -2.25. The van der Waals surface area contributed by atoms with Crippen molar-refractivity contribution in [3.63, 3.8) is 0 Å². The molecule has 23 heavy (non-hydrogen) atoms. The largest absolute Gasteiger partial charge is 0.482 e. The number of hydrogen-bond acceptors (Lipinski definition) is 3. The topological polar surface area (TPSA) is 51.2 Å². The van der Waals surface area contributed by atoms with Crippen LogP contribution in [0.2, 0.25) is 0 Å². The van der Waals surface area contributed by atoms with Crippen LogP contribution in [-0.4, -0.2) is 17.5 Å². The molecule has 4 rings (SSSR count). The lowest BCUT2D eigenvalue weighted by Gasteiger charge is -2.19. The predicted octanol–water partition coefficient (Wildman–Crippen LogP) is 3.75. The SMILES string of the molecule is O=C1COc2ccc(-c3cccnc3-c3ccccc3)cc2N1. The van der Waals surface area contributed by atoms with Crippen LogP contribution in [0.1, 0.15) is 0 Å². The van der Waals surface area contributed by atoms with Crippen LogP contribution in [0.4, 0.5) is 5.69 Å². The number of anilines is 1. The van der Waals surface area contributed by atoms with Crippen molar-refractivity contribution >= 4 is 11.6 Å². The van der Waals surface area contributed by atoms with Crippen LogP contribution in [0, 0.1) is 0 Å². The van der Waals surface area contributed by atoms with Gasteiger partial charge < -0.3 is 10.1 Å². The Kier molecular flexibility index (Phi) is 3.27. The van der Waals surface area contributed by atoms with Crippen LogP contribution >= 0.6 is 0 Å². The number of nitrogens with zero attached hydrogens (tertiary/aromatic N) is 1. The molecule has 1 N–H and O–H groups in total. The number of hydrogen-bond donors (Lipinski definition) is 1. The van der Waals surface area contributed by atoms with E-state index in [4.69, 9.17) is 4.74 Å². The molecule has 1 amide bonds. The van der Waals surface area contributed by atoms with Gasteiger partial charge in [0, 0.05) is 17.3 Å². The minimum atomic E-state index is -0.135. The van der Waals surface area contributed by atoms with E-state index < -0.39 is 0 Å². The van der Waals surface area contributed by atoms with E-state index in [-0.39, 0.29) is 12.5 Å². The van der Waals surface area contributed by atoms with Crippen LogP contribution in [0.25, 0.3) is 22.4 Å². The first-order valence-electron chi connectivity index (χ1n) is 7.39. The summed E-state index contributed by atoms with van der Waals surface area (Å²) in [6.45, 7) is 0.0640. The zero-order valence-electron chi connectivity index (χ0n) is 12.3. The van der Waals surface area contributed by atoms with Crippen molar-refractivity contribution in [3.8, 4) is 28.1 Å². The fourth-order valence-electron chi connectivity index (χ4n) is 2.71. The second-order valence-electron chi connectivity index (χ2n) is 5.31. The van der Waals surface area contributed by atoms with E-state index in [9.17, 15) is 4.79 Å². The Balaban J connectivity index is 1.83. The summed E-state index contributed by atoms with van der Waals surface area (Å²) < 4.78 is 5.41. The van der Waals surface area contributed by atoms with Gasteiger partial charge in [0.15, 0.2) is 6.61 Å². The highest BCUT2D eigenvalue weighted by molar-refractivity contribution is 5.96. The molecule has 0 unspecified atom stereocenters. The summed E-state index contributed by atoms with van der Waals surface area (Å²) in [5, 5.41) is 2.84. The Morgan fingerprint density at radius 3 is 2.70 bits per heavy atom. The van der Waals surface area contributed by atoms with Crippen LogP contribution in [0.5, 0.6) is 5.75 Å². The Labute approximate surface area is 133 Å². The van der Waals surface area contributed by atoms with E-state index in [1.807, 2.05) is 60.7 Å². The molecule has 1 aromatic heterocycles. The first-order chi connectivity index (χ1) is 11.3. The number of nitrogens with one attached hydrogen (secondary N) is 1. The van der Waals surface area contributed by atoms with Crippen molar-refractivity contribution in [2.45, 2.75) is 0 Å². The maximum absolute atomic E-state index is 11.5. The van der Waals surface area contributed by atoms with Crippen molar-refractivity contribution in [1.29, 1.82) is 0 Å². The van der Waals surface area contributed by atoms with Gasteiger partial charge in [-0.1, -0.05) is 42.5 Å². The van der Waals surface area contributed by atoms with Gasteiger partial charge >= 0.3 is 0 Å². The van der Waals surface area contributed by atoms with Crippen molar-refractivity contribution in [2.75, 3.05) is 11.9 Å². The maximum atomic E-state index is 11.5. The van der Waals surface area contributed by atoms with E-state index in [0.29, 0.717) is 11.4 Å². The zero-order valence-corrected chi connectivity index (χ0v) is 12.3. The standard InChI is InChI=1S/C19H14N2O2/c22-18-12-23-17-9-8-14(11-16(17)21-18)15-7-4-10-20-19(15)13-5-2-1-3-6-13/h1-11H,12H2,(H,21,22). The van der Waals surface area contributed by atoms with Crippen molar-refractivity contribution in [1.82, 2.24) is 4.98 Å². The number of carbonyl (C=O) groups is 1. The Bertz CT molecular complexity index is 876. The molecule has 0 radical (unpaired) electrons. The highest BCUT2D eigenvalue weighted by Crippen LogP contribution is 2.36. The molecule has 2 aromatic carbocycles. The molecule has 0 atom stereocenters. The van der Waals surface area contributed by atoms with Gasteiger partial charge in [0.2, 0.25) is 0 Å². The second kappa shape index (κ2) is 5.57. The number of pyridine rings is 1. The molecular formula is C19H14N2O2. The lowest BCUT2D eigenvalue weighted by atomic mass is 9.98. The smallest absolute Gasteiger partial charge is 0.262 e. The predicted molar refractivity (Wildman–Crippen MR) is 89.2 cm³/mol. The average molecular weight is 302 g/mol. The third kappa shape index (κ3) is 2.55. The highest BCUT2D eigenvalue weighted by atomic mass is 16.5. The molecule has 112 valence electrons. The number of amides is 1. The number of carbonyl (C=O) groups excluding carboxylic acids is 1. The Morgan fingerprint density at radius 1 is 0.957 bits per heavy atom. The zero-order chi connectivity index (χ0) is 15.6. The second-order valence-corrected chi connectivity index (χ2v) is 5.31. The van der Waals surface area contributed by atoms with Crippen LogP contribution in [0.15, 0.2) is 66.9 Å². The Morgan fingerprint density at radius 2 is 1.83 bits per heavy atom. The fourth-order valence-corrected chi connectivity index (χ4v) is 2.71. The third-order valence-corrected chi connectivity index (χ3v) is 3.78. The lowest BCUT2D eigenvalue weighted by molar-refractivity contribution is -0.118. The Hall–Kier alpha value is -3.14. The summed E-state index contributed by atoms with van der Waals surface area (Å²) in [4.78, 5) is 16.0. The molecule has 1 aliphatic rings. The van der Waals surface area contributed by atoms with E-state index in [0.717, 1.165) is 22.4 Å². The van der Waals surface area contributed by atoms with Crippen molar-refractivity contribution in [2.24, 2.45) is 0 Å². The van der Waals surface area contributed by atoms with Gasteiger partial charge in [-0.15, -0.1) is 0 Å². The van der Waals surface area contributed by atoms with Crippen molar-refractivity contribution in [3.05, 3.63) is 66.9 Å². The maximum Gasteiger partial charge on any atom is 0.262 e. The minimum absolute atomic E-state index is 0.0640. The molecule has 2 heterocycles. The van der Waals surface area contributed by atoms with Crippen molar-refractivity contribution < 1.29 is 9.53 Å². The molecule has 4 nitrogen and oxygen atoms in total. The van der Waals surface area contributed by atoms with Gasteiger partial charge in [0.1, 0.15) is 5.75 Å². The van der Waals surface area contributed by atoms with E-state index in [2.05, 4.69) is 10.3 Å². The molecule has 0 fully saturated rings. The molecule has 0 bridgehead atoms. The monoisotopic (exact) mass is 302 g/mol. The summed E-state index contributed by atoms with van der Waals surface area (Å²) in [5.74, 6) is 0.558. The number of benzene rings is 2. The average Bonchev–Trinajstić information content (AvgIpc) is 2.62. The third-order valence-electron chi connectivity index (χ3n) is 3.78. The van der Waals surface area contributed by atoms with Gasteiger partial charge in [-0.3, -0.25) is 9.78 Å². The normalized spacial score (nSPS) is 13.0.